The molecule has 1 aliphatic rings. The number of hydrogen-bond donors (Lipinski definition) is 0. The van der Waals surface area contributed by atoms with E-state index in [0.717, 1.165) is 19.3 Å². The fourth-order valence-electron chi connectivity index (χ4n) is 2.05. The molecule has 1 rings (SSSR count). The molecule has 0 aromatic heterocycles. The Hall–Kier alpha value is -1.04. The molecule has 1 saturated carbocycles. The Morgan fingerprint density at radius 2 is 2.21 bits per heavy atom. The summed E-state index contributed by atoms with van der Waals surface area (Å²) < 4.78 is 0. The monoisotopic (exact) mass is 194 g/mol. The van der Waals surface area contributed by atoms with Crippen molar-refractivity contribution < 1.29 is 4.79 Å². The number of nitrogens with zero attached hydrogens (tertiary/aromatic N) is 2. The molecule has 0 bridgehead atoms. The Balaban J connectivity index is 2.61. The summed E-state index contributed by atoms with van der Waals surface area (Å²) >= 11 is 0. The second kappa shape index (κ2) is 4.45. The molecule has 1 aliphatic carbocycles. The molecule has 14 heavy (non-hydrogen) atoms. The molecule has 0 saturated heterocycles. The van der Waals surface area contributed by atoms with Gasteiger partial charge in [0.1, 0.15) is 6.04 Å². The highest BCUT2D eigenvalue weighted by Crippen LogP contribution is 2.32. The fraction of sp³-hybridized carbons (Fsp3) is 0.818. The van der Waals surface area contributed by atoms with E-state index < -0.39 is 0 Å². The van der Waals surface area contributed by atoms with Crippen LogP contribution in [-0.2, 0) is 4.79 Å². The summed E-state index contributed by atoms with van der Waals surface area (Å²) in [6, 6.07) is 1.78. The third-order valence-corrected chi connectivity index (χ3v) is 3.29. The van der Waals surface area contributed by atoms with Crippen LogP contribution in [0.1, 0.15) is 33.1 Å². The van der Waals surface area contributed by atoms with Gasteiger partial charge in [0.05, 0.1) is 6.07 Å². The van der Waals surface area contributed by atoms with Crippen molar-refractivity contribution in [3.63, 3.8) is 0 Å². The van der Waals surface area contributed by atoms with E-state index in [1.54, 1.807) is 18.9 Å². The molecule has 78 valence electrons. The van der Waals surface area contributed by atoms with E-state index in [-0.39, 0.29) is 17.9 Å². The van der Waals surface area contributed by atoms with Crippen LogP contribution in [0, 0.1) is 23.2 Å². The van der Waals surface area contributed by atoms with Crippen LogP contribution in [0.5, 0.6) is 0 Å². The Labute approximate surface area is 85.7 Å². The van der Waals surface area contributed by atoms with Gasteiger partial charge in [-0.3, -0.25) is 4.79 Å². The molecule has 0 aromatic carbocycles. The van der Waals surface area contributed by atoms with Gasteiger partial charge in [0.2, 0.25) is 5.91 Å². The van der Waals surface area contributed by atoms with Crippen LogP contribution in [0.4, 0.5) is 0 Å². The van der Waals surface area contributed by atoms with Crippen LogP contribution in [0.15, 0.2) is 0 Å². The highest BCUT2D eigenvalue weighted by Gasteiger charge is 2.32. The molecule has 0 N–H and O–H groups in total. The van der Waals surface area contributed by atoms with Gasteiger partial charge in [-0.25, -0.2) is 0 Å². The second-order valence-corrected chi connectivity index (χ2v) is 4.27. The molecule has 3 unspecified atom stereocenters. The summed E-state index contributed by atoms with van der Waals surface area (Å²) in [5.74, 6) is 0.774. The van der Waals surface area contributed by atoms with Crippen LogP contribution in [0.3, 0.4) is 0 Å². The molecule has 0 aromatic rings. The van der Waals surface area contributed by atoms with Gasteiger partial charge in [-0.05, 0) is 25.7 Å². The first-order valence-corrected chi connectivity index (χ1v) is 5.24. The van der Waals surface area contributed by atoms with Gasteiger partial charge < -0.3 is 4.90 Å². The summed E-state index contributed by atoms with van der Waals surface area (Å²) in [6.45, 7) is 3.89. The SMILES string of the molecule is CC1CCCC1C(=O)N(C)C(C)C#N. The van der Waals surface area contributed by atoms with E-state index in [4.69, 9.17) is 5.26 Å². The maximum Gasteiger partial charge on any atom is 0.226 e. The number of hydrogen-bond acceptors (Lipinski definition) is 2. The molecule has 0 spiro atoms. The van der Waals surface area contributed by atoms with Gasteiger partial charge in [-0.15, -0.1) is 0 Å². The Morgan fingerprint density at radius 1 is 1.57 bits per heavy atom. The summed E-state index contributed by atoms with van der Waals surface area (Å²) in [4.78, 5) is 13.5. The van der Waals surface area contributed by atoms with Crippen LogP contribution in [-0.4, -0.2) is 23.9 Å². The quantitative estimate of drug-likeness (QED) is 0.672. The lowest BCUT2D eigenvalue weighted by Gasteiger charge is -2.25. The van der Waals surface area contributed by atoms with Crippen molar-refractivity contribution in [2.45, 2.75) is 39.2 Å². The Kier molecular flexibility index (Phi) is 3.51. The maximum atomic E-state index is 11.9. The zero-order chi connectivity index (χ0) is 10.7. The minimum atomic E-state index is -0.310. The number of rotatable bonds is 2. The summed E-state index contributed by atoms with van der Waals surface area (Å²) in [5.41, 5.74) is 0. The first-order chi connectivity index (χ1) is 6.57. The molecular formula is C11H18N2O. The first kappa shape index (κ1) is 11.0. The molecule has 3 atom stereocenters. The molecule has 3 nitrogen and oxygen atoms in total. The van der Waals surface area contributed by atoms with Crippen molar-refractivity contribution in [1.82, 2.24) is 4.90 Å². The van der Waals surface area contributed by atoms with Crippen molar-refractivity contribution in [2.24, 2.45) is 11.8 Å². The van der Waals surface area contributed by atoms with E-state index in [2.05, 4.69) is 13.0 Å². The van der Waals surface area contributed by atoms with Crippen LogP contribution < -0.4 is 0 Å². The number of carbonyl (C=O) groups excluding carboxylic acids is 1. The molecule has 0 heterocycles. The largest absolute Gasteiger partial charge is 0.330 e. The minimum absolute atomic E-state index is 0.143. The molecule has 1 fully saturated rings. The number of amides is 1. The van der Waals surface area contributed by atoms with Gasteiger partial charge in [0.25, 0.3) is 0 Å². The second-order valence-electron chi connectivity index (χ2n) is 4.27. The number of nitriles is 1. The van der Waals surface area contributed by atoms with E-state index in [0.29, 0.717) is 5.92 Å². The van der Waals surface area contributed by atoms with Crippen molar-refractivity contribution in [1.29, 1.82) is 5.26 Å². The van der Waals surface area contributed by atoms with Crippen LogP contribution in [0.25, 0.3) is 0 Å². The highest BCUT2D eigenvalue weighted by molar-refractivity contribution is 5.79. The average molecular weight is 194 g/mol. The van der Waals surface area contributed by atoms with E-state index >= 15 is 0 Å². The Bertz CT molecular complexity index is 257. The highest BCUT2D eigenvalue weighted by atomic mass is 16.2. The smallest absolute Gasteiger partial charge is 0.226 e. The van der Waals surface area contributed by atoms with Gasteiger partial charge >= 0.3 is 0 Å². The third kappa shape index (κ3) is 2.06. The van der Waals surface area contributed by atoms with Crippen molar-refractivity contribution in [3.05, 3.63) is 0 Å². The normalized spacial score (nSPS) is 28.1. The standard InChI is InChI=1S/C11H18N2O/c1-8-5-4-6-10(8)11(14)13(3)9(2)7-12/h8-10H,4-6H2,1-3H3. The number of carbonyl (C=O) groups is 1. The van der Waals surface area contributed by atoms with E-state index in [1.165, 1.54) is 0 Å². The molecule has 0 radical (unpaired) electrons. The fourth-order valence-corrected chi connectivity index (χ4v) is 2.05. The van der Waals surface area contributed by atoms with Gasteiger partial charge in [-0.1, -0.05) is 13.3 Å². The van der Waals surface area contributed by atoms with Crippen molar-refractivity contribution >= 4 is 5.91 Å². The van der Waals surface area contributed by atoms with Gasteiger partial charge in [0.15, 0.2) is 0 Å². The zero-order valence-electron chi connectivity index (χ0n) is 9.16. The van der Waals surface area contributed by atoms with Gasteiger partial charge in [0, 0.05) is 13.0 Å². The molecule has 3 heteroatoms. The first-order valence-electron chi connectivity index (χ1n) is 5.24. The van der Waals surface area contributed by atoms with Crippen LogP contribution in [0.2, 0.25) is 0 Å². The average Bonchev–Trinajstić information content (AvgIpc) is 2.61. The van der Waals surface area contributed by atoms with E-state index in [1.807, 2.05) is 0 Å². The summed E-state index contributed by atoms with van der Waals surface area (Å²) in [6.07, 6.45) is 3.28. The lowest BCUT2D eigenvalue weighted by atomic mass is 9.96. The minimum Gasteiger partial charge on any atom is -0.330 e. The summed E-state index contributed by atoms with van der Waals surface area (Å²) in [7, 11) is 1.72. The Morgan fingerprint density at radius 3 is 2.64 bits per heavy atom. The molecular weight excluding hydrogens is 176 g/mol. The van der Waals surface area contributed by atoms with E-state index in [9.17, 15) is 4.79 Å². The molecule has 0 aliphatic heterocycles. The summed E-state index contributed by atoms with van der Waals surface area (Å²) in [5, 5.41) is 8.72. The zero-order valence-corrected chi connectivity index (χ0v) is 9.16. The predicted octanol–water partition coefficient (Wildman–Crippen LogP) is 1.79. The van der Waals surface area contributed by atoms with Crippen molar-refractivity contribution in [3.8, 4) is 6.07 Å². The third-order valence-electron chi connectivity index (χ3n) is 3.29. The van der Waals surface area contributed by atoms with Crippen LogP contribution >= 0.6 is 0 Å². The van der Waals surface area contributed by atoms with Crippen molar-refractivity contribution in [2.75, 3.05) is 7.05 Å². The lowest BCUT2D eigenvalue weighted by Crippen LogP contribution is -2.39. The topological polar surface area (TPSA) is 44.1 Å². The maximum absolute atomic E-state index is 11.9. The predicted molar refractivity (Wildman–Crippen MR) is 54.4 cm³/mol. The molecule has 1 amide bonds. The lowest BCUT2D eigenvalue weighted by molar-refractivity contribution is -0.136. The van der Waals surface area contributed by atoms with Gasteiger partial charge in [-0.2, -0.15) is 5.26 Å².